The minimum absolute atomic E-state index is 0.00963. The van der Waals surface area contributed by atoms with Gasteiger partial charge in [0.25, 0.3) is 0 Å². The van der Waals surface area contributed by atoms with E-state index in [0.717, 1.165) is 95.7 Å². The smallest absolute Gasteiger partial charge is 0.344 e. The van der Waals surface area contributed by atoms with Crippen LogP contribution in [0.25, 0.3) is 55.0 Å². The summed E-state index contributed by atoms with van der Waals surface area (Å²) in [6.45, 7) is 22.5. The number of fused-ring (bicyclic) bond motifs is 5. The van der Waals surface area contributed by atoms with Gasteiger partial charge in [0, 0.05) is 59.5 Å². The van der Waals surface area contributed by atoms with Gasteiger partial charge in [0.05, 0.1) is 11.1 Å². The molecule has 6 aromatic rings. The first kappa shape index (κ1) is 33.7. The van der Waals surface area contributed by atoms with Crippen LogP contribution in [0, 0.1) is 0 Å². The van der Waals surface area contributed by atoms with Crippen molar-refractivity contribution in [3.63, 3.8) is 0 Å². The van der Waals surface area contributed by atoms with Crippen LogP contribution >= 0.6 is 0 Å². The Morgan fingerprint density at radius 1 is 0.481 bits per heavy atom. The molecule has 2 aromatic heterocycles. The maximum absolute atomic E-state index is 14.2. The molecule has 0 saturated heterocycles. The summed E-state index contributed by atoms with van der Waals surface area (Å²) < 4.78 is 12.8. The number of benzene rings is 4. The van der Waals surface area contributed by atoms with E-state index in [1.165, 1.54) is 22.5 Å². The van der Waals surface area contributed by atoms with Crippen molar-refractivity contribution in [3.8, 4) is 22.3 Å². The number of hydrogen-bond acceptors (Lipinski definition) is 6. The molecule has 0 fully saturated rings. The van der Waals surface area contributed by atoms with E-state index in [0.29, 0.717) is 22.3 Å². The van der Waals surface area contributed by atoms with Crippen LogP contribution in [-0.4, -0.2) is 26.2 Å². The highest BCUT2D eigenvalue weighted by molar-refractivity contribution is 6.06. The van der Waals surface area contributed by atoms with E-state index in [-0.39, 0.29) is 32.9 Å². The minimum Gasteiger partial charge on any atom is -0.422 e. The van der Waals surface area contributed by atoms with Gasteiger partial charge in [-0.1, -0.05) is 91.8 Å². The second-order valence-electron chi connectivity index (χ2n) is 19.2. The first-order chi connectivity index (χ1) is 25.6. The zero-order chi connectivity index (χ0) is 37.7. The molecule has 0 unspecified atom stereocenters. The molecule has 0 spiro atoms. The molecule has 0 radical (unpaired) electrons. The maximum atomic E-state index is 14.2. The first-order valence-corrected chi connectivity index (χ1v) is 19.9. The molecule has 0 atom stereocenters. The number of nitrogens with zero attached hydrogens (tertiary/aromatic N) is 2. The SMILES string of the molecule is CC1(C)CCN2CCC(C)(C)c3c2c1cc1cc(-c2cccc4c(-c5cc6cc7c8c(c6oc5=O)C(C)(C)CCN8CCC7(C)C)cccc24)c(=O)oc31. The summed E-state index contributed by atoms with van der Waals surface area (Å²) in [5.74, 6) is 0. The highest BCUT2D eigenvalue weighted by Gasteiger charge is 2.43. The molecule has 276 valence electrons. The van der Waals surface area contributed by atoms with Crippen LogP contribution in [0.4, 0.5) is 11.4 Å². The van der Waals surface area contributed by atoms with Crippen LogP contribution < -0.4 is 21.1 Å². The first-order valence-electron chi connectivity index (χ1n) is 19.9. The fraction of sp³-hybridized carbons (Fsp3) is 0.417. The quantitative estimate of drug-likeness (QED) is 0.166. The van der Waals surface area contributed by atoms with Gasteiger partial charge in [0.2, 0.25) is 0 Å². The third-order valence-electron chi connectivity index (χ3n) is 14.0. The number of anilines is 2. The Balaban J connectivity index is 1.18. The molecule has 10 rings (SSSR count). The molecule has 6 heterocycles. The lowest BCUT2D eigenvalue weighted by Gasteiger charge is -2.48. The van der Waals surface area contributed by atoms with E-state index in [1.54, 1.807) is 0 Å². The van der Waals surface area contributed by atoms with Gasteiger partial charge in [-0.3, -0.25) is 0 Å². The van der Waals surface area contributed by atoms with Crippen LogP contribution in [0.5, 0.6) is 0 Å². The molecule has 0 bridgehead atoms. The van der Waals surface area contributed by atoms with Crippen LogP contribution in [0.2, 0.25) is 0 Å². The average molecular weight is 719 g/mol. The van der Waals surface area contributed by atoms with Gasteiger partial charge in [-0.2, -0.15) is 0 Å². The van der Waals surface area contributed by atoms with Crippen molar-refractivity contribution in [2.24, 2.45) is 0 Å². The van der Waals surface area contributed by atoms with Crippen LogP contribution in [0.1, 0.15) is 103 Å². The van der Waals surface area contributed by atoms with Gasteiger partial charge in [0.1, 0.15) is 11.2 Å². The molecule has 0 saturated carbocycles. The molecule has 4 aliphatic rings. The normalized spacial score (nSPS) is 20.3. The molecule has 6 nitrogen and oxygen atoms in total. The topological polar surface area (TPSA) is 66.9 Å². The summed E-state index contributed by atoms with van der Waals surface area (Å²) in [6, 6.07) is 20.7. The lowest BCUT2D eigenvalue weighted by atomic mass is 9.69. The molecular formula is C48H50N2O4. The summed E-state index contributed by atoms with van der Waals surface area (Å²) in [5.41, 5.74) is 10.7. The molecule has 54 heavy (non-hydrogen) atoms. The fourth-order valence-corrected chi connectivity index (χ4v) is 10.5. The van der Waals surface area contributed by atoms with E-state index in [9.17, 15) is 9.59 Å². The van der Waals surface area contributed by atoms with Gasteiger partial charge >= 0.3 is 11.3 Å². The zero-order valence-corrected chi connectivity index (χ0v) is 33.0. The van der Waals surface area contributed by atoms with Gasteiger partial charge in [-0.05, 0) is 105 Å². The van der Waals surface area contributed by atoms with Crippen molar-refractivity contribution in [1.29, 1.82) is 0 Å². The highest BCUT2D eigenvalue weighted by atomic mass is 16.4. The molecule has 0 N–H and O–H groups in total. The molecule has 0 amide bonds. The average Bonchev–Trinajstić information content (AvgIpc) is 3.11. The number of rotatable bonds is 2. The van der Waals surface area contributed by atoms with Crippen LogP contribution in [0.3, 0.4) is 0 Å². The summed E-state index contributed by atoms with van der Waals surface area (Å²) in [7, 11) is 0. The standard InChI is InChI=1S/C48H50N2O4/c1-45(2)15-19-49-21-17-47(5,6)37-39(49)35(45)25-27-23-33(43(51)53-41(27)37)31-13-9-12-30-29(31)11-10-14-32(30)34-24-28-26-36-40-38(42(28)54-44(34)52)48(7,8)18-22-50(40)20-16-46(36,3)4/h9-14,23-26H,15-22H2,1-8H3. The highest BCUT2D eigenvalue weighted by Crippen LogP contribution is 2.53. The lowest BCUT2D eigenvalue weighted by molar-refractivity contribution is 0.398. The van der Waals surface area contributed by atoms with Crippen molar-refractivity contribution in [1.82, 2.24) is 0 Å². The molecule has 4 aliphatic heterocycles. The molecule has 6 heteroatoms. The van der Waals surface area contributed by atoms with Crippen molar-refractivity contribution in [2.45, 2.75) is 103 Å². The second kappa shape index (κ2) is 10.9. The predicted octanol–water partition coefficient (Wildman–Crippen LogP) is 10.7. The van der Waals surface area contributed by atoms with E-state index in [4.69, 9.17) is 8.83 Å². The summed E-state index contributed by atoms with van der Waals surface area (Å²) >= 11 is 0. The van der Waals surface area contributed by atoms with Crippen molar-refractivity contribution < 1.29 is 8.83 Å². The largest absolute Gasteiger partial charge is 0.422 e. The van der Waals surface area contributed by atoms with E-state index in [1.807, 2.05) is 48.5 Å². The van der Waals surface area contributed by atoms with E-state index >= 15 is 0 Å². The molecule has 0 aliphatic carbocycles. The zero-order valence-electron chi connectivity index (χ0n) is 33.0. The summed E-state index contributed by atoms with van der Waals surface area (Å²) in [6.07, 6.45) is 4.19. The van der Waals surface area contributed by atoms with Crippen molar-refractivity contribution >= 4 is 44.1 Å². The maximum Gasteiger partial charge on any atom is 0.344 e. The summed E-state index contributed by atoms with van der Waals surface area (Å²) in [5, 5.41) is 3.71. The van der Waals surface area contributed by atoms with Crippen molar-refractivity contribution in [3.05, 3.63) is 104 Å². The van der Waals surface area contributed by atoms with Gasteiger partial charge in [-0.15, -0.1) is 0 Å². The predicted molar refractivity (Wildman–Crippen MR) is 222 cm³/mol. The van der Waals surface area contributed by atoms with Gasteiger partial charge in [0.15, 0.2) is 0 Å². The minimum atomic E-state index is -0.345. The monoisotopic (exact) mass is 718 g/mol. The Bertz CT molecular complexity index is 2550. The second-order valence-corrected chi connectivity index (χ2v) is 19.2. The van der Waals surface area contributed by atoms with Gasteiger partial charge < -0.3 is 18.6 Å². The van der Waals surface area contributed by atoms with Gasteiger partial charge in [-0.25, -0.2) is 9.59 Å². The Morgan fingerprint density at radius 2 is 0.852 bits per heavy atom. The van der Waals surface area contributed by atoms with Crippen LogP contribution in [0.15, 0.2) is 79.1 Å². The Labute approximate surface area is 316 Å². The summed E-state index contributed by atoms with van der Waals surface area (Å²) in [4.78, 5) is 33.3. The Kier molecular flexibility index (Phi) is 6.80. The van der Waals surface area contributed by atoms with E-state index < -0.39 is 0 Å². The fourth-order valence-electron chi connectivity index (χ4n) is 10.5. The lowest BCUT2D eigenvalue weighted by Crippen LogP contribution is -2.44. The van der Waals surface area contributed by atoms with Crippen LogP contribution in [-0.2, 0) is 21.7 Å². The Hall–Kier alpha value is -4.84. The van der Waals surface area contributed by atoms with Crippen molar-refractivity contribution in [2.75, 3.05) is 36.0 Å². The van der Waals surface area contributed by atoms with E-state index in [2.05, 4.69) is 77.3 Å². The molecular weight excluding hydrogens is 669 g/mol. The molecule has 4 aromatic carbocycles. The Morgan fingerprint density at radius 3 is 1.24 bits per heavy atom. The third kappa shape index (κ3) is 4.64. The third-order valence-corrected chi connectivity index (χ3v) is 14.0. The number of hydrogen-bond donors (Lipinski definition) is 0.